The van der Waals surface area contributed by atoms with Crippen LogP contribution in [0.5, 0.6) is 0 Å². The molecule has 5 aromatic carbocycles. The largest absolute Gasteiger partial charge is 0.309 e. The first-order valence-corrected chi connectivity index (χ1v) is 12.0. The first kappa shape index (κ1) is 19.3. The van der Waals surface area contributed by atoms with Crippen molar-refractivity contribution in [2.24, 2.45) is 0 Å². The molecule has 0 saturated carbocycles. The lowest BCUT2D eigenvalue weighted by Crippen LogP contribution is -2.00. The van der Waals surface area contributed by atoms with Crippen molar-refractivity contribution < 1.29 is 0 Å². The van der Waals surface area contributed by atoms with Crippen molar-refractivity contribution in [3.05, 3.63) is 116 Å². The van der Waals surface area contributed by atoms with E-state index in [1.165, 1.54) is 43.4 Å². The van der Waals surface area contributed by atoms with Crippen LogP contribution in [0.3, 0.4) is 0 Å². The lowest BCUT2D eigenvalue weighted by atomic mass is 10.0. The van der Waals surface area contributed by atoms with E-state index in [0.717, 1.165) is 16.7 Å². The fourth-order valence-electron chi connectivity index (χ4n) is 5.74. The third-order valence-corrected chi connectivity index (χ3v) is 7.15. The Kier molecular flexibility index (Phi) is 3.88. The molecule has 36 heavy (non-hydrogen) atoms. The van der Waals surface area contributed by atoms with E-state index in [2.05, 4.69) is 127 Å². The third-order valence-electron chi connectivity index (χ3n) is 7.15. The summed E-state index contributed by atoms with van der Waals surface area (Å²) >= 11 is 0. The molecule has 168 valence electrons. The van der Waals surface area contributed by atoms with Crippen molar-refractivity contribution in [3.63, 3.8) is 0 Å². The van der Waals surface area contributed by atoms with E-state index in [1.54, 1.807) is 12.7 Å². The summed E-state index contributed by atoms with van der Waals surface area (Å²) < 4.78 is 4.54. The molecule has 0 spiro atoms. The molecule has 0 N–H and O–H groups in total. The normalized spacial score (nSPS) is 11.9. The summed E-state index contributed by atoms with van der Waals surface area (Å²) in [5.74, 6) is 0.618. The van der Waals surface area contributed by atoms with Crippen molar-refractivity contribution in [2.45, 2.75) is 0 Å². The van der Waals surface area contributed by atoms with Gasteiger partial charge in [-0.3, -0.25) is 4.57 Å². The fourth-order valence-corrected chi connectivity index (χ4v) is 5.74. The second-order valence-electron chi connectivity index (χ2n) is 9.00. The van der Waals surface area contributed by atoms with Crippen LogP contribution in [0, 0.1) is 0 Å². The molecule has 3 heterocycles. The van der Waals surface area contributed by atoms with Crippen LogP contribution in [0.15, 0.2) is 116 Å². The molecule has 0 amide bonds. The van der Waals surface area contributed by atoms with Crippen molar-refractivity contribution in [2.75, 3.05) is 0 Å². The number of hydrogen-bond acceptors (Lipinski definition) is 3. The van der Waals surface area contributed by atoms with E-state index in [0.29, 0.717) is 5.95 Å². The van der Waals surface area contributed by atoms with Gasteiger partial charge in [0.25, 0.3) is 0 Å². The highest BCUT2D eigenvalue weighted by atomic mass is 15.2. The standard InChI is InChI=1S/C31H19N5/c1-2-9-21(10-3-1)35-26-16-17-27-28(29(26)24-15-14-20-8-4-5-11-22(20)30(24)35)23-12-6-7-13-25(23)36(27)31-33-18-32-19-34-31/h1-19H. The van der Waals surface area contributed by atoms with Crippen LogP contribution >= 0.6 is 0 Å². The van der Waals surface area contributed by atoms with E-state index >= 15 is 0 Å². The molecular formula is C31H19N5. The molecule has 0 aliphatic heterocycles. The van der Waals surface area contributed by atoms with Gasteiger partial charge >= 0.3 is 0 Å². The summed E-state index contributed by atoms with van der Waals surface area (Å²) in [4.78, 5) is 13.0. The van der Waals surface area contributed by atoms with Crippen molar-refractivity contribution in [1.29, 1.82) is 0 Å². The number of fused-ring (bicyclic) bond motifs is 9. The quantitative estimate of drug-likeness (QED) is 0.273. The molecular weight excluding hydrogens is 442 g/mol. The highest BCUT2D eigenvalue weighted by Gasteiger charge is 2.21. The Morgan fingerprint density at radius 2 is 1.14 bits per heavy atom. The molecule has 0 aliphatic rings. The molecule has 5 heteroatoms. The van der Waals surface area contributed by atoms with Gasteiger partial charge < -0.3 is 4.57 Å². The molecule has 8 rings (SSSR count). The summed E-state index contributed by atoms with van der Waals surface area (Å²) in [6, 6.07) is 36.7. The molecule has 5 nitrogen and oxygen atoms in total. The topological polar surface area (TPSA) is 48.5 Å². The summed E-state index contributed by atoms with van der Waals surface area (Å²) in [5, 5.41) is 7.33. The van der Waals surface area contributed by atoms with E-state index in [1.807, 2.05) is 0 Å². The molecule has 0 atom stereocenters. The molecule has 8 aromatic rings. The molecule has 3 aromatic heterocycles. The molecule has 0 fully saturated rings. The van der Waals surface area contributed by atoms with Crippen LogP contribution in [0.1, 0.15) is 0 Å². The van der Waals surface area contributed by atoms with Gasteiger partial charge in [-0.15, -0.1) is 0 Å². The van der Waals surface area contributed by atoms with Crippen LogP contribution in [0.25, 0.3) is 66.0 Å². The van der Waals surface area contributed by atoms with Crippen LogP contribution in [0.2, 0.25) is 0 Å². The Bertz CT molecular complexity index is 2090. The van der Waals surface area contributed by atoms with Gasteiger partial charge in [-0.05, 0) is 35.7 Å². The van der Waals surface area contributed by atoms with Gasteiger partial charge in [0.05, 0.1) is 22.1 Å². The van der Waals surface area contributed by atoms with E-state index < -0.39 is 0 Å². The van der Waals surface area contributed by atoms with Crippen molar-refractivity contribution >= 4 is 54.4 Å². The Morgan fingerprint density at radius 3 is 1.97 bits per heavy atom. The summed E-state index contributed by atoms with van der Waals surface area (Å²) in [5.41, 5.74) is 5.70. The van der Waals surface area contributed by atoms with E-state index in [-0.39, 0.29) is 0 Å². The van der Waals surface area contributed by atoms with Crippen LogP contribution in [-0.4, -0.2) is 24.1 Å². The SMILES string of the molecule is c1ccc(-n2c3ccc4c(c5ccccc5n4-c4ncncn4)c3c3ccc4ccccc4c32)cc1. The van der Waals surface area contributed by atoms with Gasteiger partial charge in [-0.2, -0.15) is 0 Å². The Balaban J connectivity index is 1.66. The van der Waals surface area contributed by atoms with Crippen LogP contribution in [0.4, 0.5) is 0 Å². The number of para-hydroxylation sites is 2. The Labute approximate surface area is 205 Å². The summed E-state index contributed by atoms with van der Waals surface area (Å²) in [6.07, 6.45) is 3.10. The minimum Gasteiger partial charge on any atom is -0.309 e. The minimum atomic E-state index is 0.618. The smallest absolute Gasteiger partial charge is 0.237 e. The highest BCUT2D eigenvalue weighted by molar-refractivity contribution is 6.31. The lowest BCUT2D eigenvalue weighted by Gasteiger charge is -2.09. The van der Waals surface area contributed by atoms with Gasteiger partial charge in [0.15, 0.2) is 0 Å². The second kappa shape index (κ2) is 7.23. The molecule has 0 radical (unpaired) electrons. The first-order valence-electron chi connectivity index (χ1n) is 12.0. The Morgan fingerprint density at radius 1 is 0.472 bits per heavy atom. The van der Waals surface area contributed by atoms with Crippen molar-refractivity contribution in [3.8, 4) is 11.6 Å². The predicted molar refractivity (Wildman–Crippen MR) is 146 cm³/mol. The number of benzene rings is 5. The zero-order chi connectivity index (χ0) is 23.6. The minimum absolute atomic E-state index is 0.618. The van der Waals surface area contributed by atoms with Gasteiger partial charge in [-0.25, -0.2) is 15.0 Å². The Hall–Kier alpha value is -5.03. The molecule has 0 aliphatic carbocycles. The van der Waals surface area contributed by atoms with Gasteiger partial charge in [0, 0.05) is 32.6 Å². The van der Waals surface area contributed by atoms with Gasteiger partial charge in [0.1, 0.15) is 12.7 Å². The molecule has 0 unspecified atom stereocenters. The van der Waals surface area contributed by atoms with Gasteiger partial charge in [0.2, 0.25) is 5.95 Å². The predicted octanol–water partition coefficient (Wildman–Crippen LogP) is 7.22. The number of rotatable bonds is 2. The maximum Gasteiger partial charge on any atom is 0.237 e. The molecule has 0 bridgehead atoms. The third kappa shape index (κ3) is 2.51. The fraction of sp³-hybridized carbons (Fsp3) is 0. The lowest BCUT2D eigenvalue weighted by molar-refractivity contribution is 0.940. The summed E-state index contributed by atoms with van der Waals surface area (Å²) in [7, 11) is 0. The summed E-state index contributed by atoms with van der Waals surface area (Å²) in [6.45, 7) is 0. The number of hydrogen-bond donors (Lipinski definition) is 0. The van der Waals surface area contributed by atoms with Crippen LogP contribution < -0.4 is 0 Å². The number of aromatic nitrogens is 5. The highest BCUT2D eigenvalue weighted by Crippen LogP contribution is 2.43. The zero-order valence-corrected chi connectivity index (χ0v) is 19.2. The van der Waals surface area contributed by atoms with Crippen LogP contribution in [-0.2, 0) is 0 Å². The zero-order valence-electron chi connectivity index (χ0n) is 19.2. The maximum atomic E-state index is 4.49. The first-order chi connectivity index (χ1) is 17.9. The molecule has 0 saturated heterocycles. The van der Waals surface area contributed by atoms with E-state index in [9.17, 15) is 0 Å². The average Bonchev–Trinajstić information content (AvgIpc) is 3.47. The maximum absolute atomic E-state index is 4.49. The monoisotopic (exact) mass is 461 g/mol. The van der Waals surface area contributed by atoms with Gasteiger partial charge in [-0.1, -0.05) is 72.8 Å². The van der Waals surface area contributed by atoms with E-state index in [4.69, 9.17) is 0 Å². The van der Waals surface area contributed by atoms with Crippen molar-refractivity contribution in [1.82, 2.24) is 24.1 Å². The average molecular weight is 462 g/mol. The second-order valence-corrected chi connectivity index (χ2v) is 9.00. The number of nitrogens with zero attached hydrogens (tertiary/aromatic N) is 5.